The Labute approximate surface area is 382 Å². The van der Waals surface area contributed by atoms with Crippen LogP contribution in [-0.2, 0) is 0 Å². The van der Waals surface area contributed by atoms with Crippen molar-refractivity contribution in [3.63, 3.8) is 0 Å². The first kappa shape index (κ1) is 39.9. The molecule has 0 unspecified atom stereocenters. The smallest absolute Gasteiger partial charge is 0.0668 e. The predicted octanol–water partition coefficient (Wildman–Crippen LogP) is 11.9. The molecule has 1 aliphatic heterocycles. The first-order valence-electron chi connectivity index (χ1n) is 22.1. The zero-order valence-corrected chi connectivity index (χ0v) is 39.4. The van der Waals surface area contributed by atoms with Gasteiger partial charge in [0, 0.05) is 14.8 Å². The van der Waals surface area contributed by atoms with Crippen LogP contribution in [0.2, 0.25) is 0 Å². The van der Waals surface area contributed by atoms with Crippen molar-refractivity contribution < 1.29 is 0 Å². The molecule has 300 valence electrons. The fourth-order valence-electron chi connectivity index (χ4n) is 9.83. The highest BCUT2D eigenvalue weighted by Gasteiger charge is 2.62. The van der Waals surface area contributed by atoms with E-state index in [1.807, 2.05) is 0 Å². The molecule has 11 rings (SSSR count). The van der Waals surface area contributed by atoms with E-state index in [2.05, 4.69) is 267 Å². The lowest BCUT2D eigenvalue weighted by Gasteiger charge is -2.29. The standard InChI is InChI=1S/C60H44Si4/c1-8-25-45(26-9-1)52-39-22-40-53(46-27-10-2-11-28-46)58(52)62-63(59-54(47-29-12-3-13-30-47)41-23-42-55(59)48-31-14-4-15-32-48)64(62,61-51-37-20-7-21-38-51)60-56(49-33-16-5-17-34-49)43-24-44-57(60)50-35-18-6-19-36-50/h1-44H. The highest BCUT2D eigenvalue weighted by molar-refractivity contribution is 8.05. The third-order valence-electron chi connectivity index (χ3n) is 12.6. The quantitative estimate of drug-likeness (QED) is 0.114. The van der Waals surface area contributed by atoms with Crippen LogP contribution in [0.4, 0.5) is 0 Å². The van der Waals surface area contributed by atoms with Gasteiger partial charge in [0.15, 0.2) is 0 Å². The van der Waals surface area contributed by atoms with Gasteiger partial charge < -0.3 is 0 Å². The van der Waals surface area contributed by atoms with Crippen molar-refractivity contribution in [1.29, 1.82) is 0 Å². The van der Waals surface area contributed by atoms with Gasteiger partial charge >= 0.3 is 0 Å². The summed E-state index contributed by atoms with van der Waals surface area (Å²) < 4.78 is 0. The van der Waals surface area contributed by atoms with Crippen LogP contribution in [0.3, 0.4) is 0 Å². The van der Waals surface area contributed by atoms with Gasteiger partial charge in [0.25, 0.3) is 0 Å². The maximum absolute atomic E-state index is 2.69. The minimum absolute atomic E-state index is 0.660. The maximum Gasteiger partial charge on any atom is 0.103 e. The minimum Gasteiger partial charge on any atom is -0.0668 e. The Kier molecular flexibility index (Phi) is 11.0. The average molecular weight is 877 g/mol. The van der Waals surface area contributed by atoms with Crippen LogP contribution >= 0.6 is 0 Å². The molecule has 0 nitrogen and oxygen atoms in total. The summed E-state index contributed by atoms with van der Waals surface area (Å²) in [7, 11) is -2.17. The van der Waals surface area contributed by atoms with Gasteiger partial charge in [-0.25, -0.2) is 0 Å². The molecule has 0 fully saturated rings. The third-order valence-corrected chi connectivity index (χ3v) is 54.2. The zero-order chi connectivity index (χ0) is 42.7. The van der Waals surface area contributed by atoms with E-state index in [1.54, 1.807) is 15.6 Å². The topological polar surface area (TPSA) is 0 Å². The van der Waals surface area contributed by atoms with Crippen molar-refractivity contribution in [2.24, 2.45) is 0 Å². The van der Waals surface area contributed by atoms with Crippen molar-refractivity contribution >= 4 is 51.2 Å². The molecule has 0 saturated heterocycles. The van der Waals surface area contributed by atoms with E-state index in [-0.39, 0.29) is 0 Å². The Morgan fingerprint density at radius 2 is 0.469 bits per heavy atom. The molecule has 0 spiro atoms. The van der Waals surface area contributed by atoms with Gasteiger partial charge in [-0.15, -0.1) is 0 Å². The molecule has 10 aromatic carbocycles. The second kappa shape index (κ2) is 17.7. The molecule has 0 aromatic heterocycles. The van der Waals surface area contributed by atoms with E-state index in [0.717, 1.165) is 0 Å². The van der Waals surface area contributed by atoms with Gasteiger partial charge in [0.05, 0.1) is 9.04 Å². The van der Waals surface area contributed by atoms with Gasteiger partial charge in [0.2, 0.25) is 0 Å². The zero-order valence-electron chi connectivity index (χ0n) is 35.4. The van der Waals surface area contributed by atoms with Crippen LogP contribution in [0, 0.1) is 0 Å². The van der Waals surface area contributed by atoms with Crippen molar-refractivity contribution in [3.8, 4) is 66.8 Å². The lowest BCUT2D eigenvalue weighted by atomic mass is 9.99. The van der Waals surface area contributed by atoms with E-state index in [9.17, 15) is 0 Å². The molecule has 1 aliphatic rings. The Morgan fingerprint density at radius 1 is 0.234 bits per heavy atom. The van der Waals surface area contributed by atoms with Crippen LogP contribution in [0.5, 0.6) is 0 Å². The molecule has 0 saturated carbocycles. The molecular formula is C60H44Si4. The summed E-state index contributed by atoms with van der Waals surface area (Å²) in [5.41, 5.74) is 16.2. The lowest BCUT2D eigenvalue weighted by molar-refractivity contribution is 1.61. The molecule has 4 heteroatoms. The number of benzene rings is 10. The Balaban J connectivity index is 1.37. The van der Waals surface area contributed by atoms with Crippen LogP contribution in [0.1, 0.15) is 0 Å². The van der Waals surface area contributed by atoms with Crippen molar-refractivity contribution in [2.75, 3.05) is 0 Å². The molecule has 2 radical (unpaired) electrons. The molecule has 0 N–H and O–H groups in total. The first-order chi connectivity index (χ1) is 31.8. The summed E-state index contributed by atoms with van der Waals surface area (Å²) in [5.74, 6) is 0. The van der Waals surface area contributed by atoms with Crippen molar-refractivity contribution in [2.45, 2.75) is 0 Å². The molecule has 10 aromatic rings. The summed E-state index contributed by atoms with van der Waals surface area (Å²) in [5, 5.41) is 6.33. The van der Waals surface area contributed by atoms with Crippen molar-refractivity contribution in [1.82, 2.24) is 0 Å². The summed E-state index contributed by atoms with van der Waals surface area (Å²) in [6, 6.07) is 101. The van der Waals surface area contributed by atoms with E-state index in [4.69, 9.17) is 0 Å². The molecule has 0 bridgehead atoms. The Hall–Kier alpha value is -6.93. The summed E-state index contributed by atoms with van der Waals surface area (Å²) in [4.78, 5) is 0. The SMILES string of the molecule is c1ccc([Si][Si]2(c3c(-c4ccccc4)cccc3-c3ccccc3)[Si](c3c(-c4ccccc4)cccc3-c3ccccc3)=[Si]2c2c(-c3ccccc3)cccc2-c2ccccc2)cc1. The molecule has 0 aliphatic carbocycles. The minimum atomic E-state index is -2.69. The summed E-state index contributed by atoms with van der Waals surface area (Å²) in [6.45, 7) is -2.69. The van der Waals surface area contributed by atoms with Crippen LogP contribution in [-0.4, -0.2) is 30.5 Å². The Bertz CT molecular complexity index is 2940. The molecule has 0 atom stereocenters. The van der Waals surface area contributed by atoms with E-state index in [1.165, 1.54) is 71.9 Å². The van der Waals surface area contributed by atoms with Crippen LogP contribution < -0.4 is 20.7 Å². The number of rotatable bonds is 11. The van der Waals surface area contributed by atoms with Gasteiger partial charge in [0.1, 0.15) is 6.63 Å². The van der Waals surface area contributed by atoms with Crippen LogP contribution in [0.25, 0.3) is 66.8 Å². The van der Waals surface area contributed by atoms with E-state index < -0.39 is 21.4 Å². The second-order valence-corrected chi connectivity index (χ2v) is 42.7. The highest BCUT2D eigenvalue weighted by atomic mass is 30.2. The van der Waals surface area contributed by atoms with Gasteiger partial charge in [-0.3, -0.25) is 0 Å². The molecule has 1 heterocycles. The van der Waals surface area contributed by atoms with E-state index in [0.29, 0.717) is 9.04 Å². The van der Waals surface area contributed by atoms with Gasteiger partial charge in [-0.1, -0.05) is 272 Å². The second-order valence-electron chi connectivity index (χ2n) is 16.4. The van der Waals surface area contributed by atoms with E-state index >= 15 is 0 Å². The average Bonchev–Trinajstić information content (AvgIpc) is 4.04. The van der Waals surface area contributed by atoms with Gasteiger partial charge in [-0.2, -0.15) is 0 Å². The Morgan fingerprint density at radius 3 is 0.750 bits per heavy atom. The fraction of sp³-hybridized carbons (Fsp3) is 0. The summed E-state index contributed by atoms with van der Waals surface area (Å²) >= 11 is 0. The maximum atomic E-state index is 2.46. The van der Waals surface area contributed by atoms with Crippen molar-refractivity contribution in [3.05, 3.63) is 267 Å². The first-order valence-corrected chi connectivity index (χ1v) is 32.1. The fourth-order valence-corrected chi connectivity index (χ4v) is 69.6. The monoisotopic (exact) mass is 876 g/mol. The van der Waals surface area contributed by atoms with Gasteiger partial charge in [-0.05, 0) is 82.3 Å². The number of hydrogen-bond acceptors (Lipinski definition) is 0. The third kappa shape index (κ3) is 7.34. The highest BCUT2D eigenvalue weighted by Crippen LogP contribution is 2.38. The van der Waals surface area contributed by atoms with Crippen LogP contribution in [0.15, 0.2) is 267 Å². The molecule has 64 heavy (non-hydrogen) atoms. The predicted molar refractivity (Wildman–Crippen MR) is 280 cm³/mol. The summed E-state index contributed by atoms with van der Waals surface area (Å²) in [6.07, 6.45) is 0. The molecule has 0 amide bonds. The lowest BCUT2D eigenvalue weighted by Crippen LogP contribution is -2.60. The largest absolute Gasteiger partial charge is 0.103 e. The molecular weight excluding hydrogens is 833 g/mol. The number of hydrogen-bond donors (Lipinski definition) is 0. The normalized spacial score (nSPS) is 12.8.